The first-order valence-electron chi connectivity index (χ1n) is 15.5. The molecule has 6 aromatic rings. The van der Waals surface area contributed by atoms with Crippen molar-refractivity contribution in [1.29, 1.82) is 5.26 Å². The summed E-state index contributed by atoms with van der Waals surface area (Å²) in [7, 11) is 0. The van der Waals surface area contributed by atoms with Crippen LogP contribution < -0.4 is 14.9 Å². The van der Waals surface area contributed by atoms with E-state index in [1.807, 2.05) is 122 Å². The average Bonchev–Trinajstić information content (AvgIpc) is 3.64. The van der Waals surface area contributed by atoms with Crippen molar-refractivity contribution in [3.8, 4) is 6.07 Å². The molecule has 0 fully saturated rings. The fourth-order valence-corrected chi connectivity index (χ4v) is 7.56. The van der Waals surface area contributed by atoms with Gasteiger partial charge in [0.25, 0.3) is 5.56 Å². The largest absolute Gasteiger partial charge is 0.463 e. The molecular formula is C39H30N4O3S2. The number of nitriles is 1. The Bertz CT molecular complexity index is 2430. The summed E-state index contributed by atoms with van der Waals surface area (Å²) in [6, 6.07) is 34.7. The molecule has 3 heterocycles. The number of hydrogen-bond acceptors (Lipinski definition) is 7. The SMILES string of the molecule is CCOC(=O)C1=C(c2ccccc2)N=c2sc(=Cc3cn(Cc4ccccc4C#N)c4ccccc34)c(=O)n2[C@@H]1c1ccc(SC)cc1. The van der Waals surface area contributed by atoms with Gasteiger partial charge in [-0.2, -0.15) is 5.26 Å². The summed E-state index contributed by atoms with van der Waals surface area (Å²) in [5.74, 6) is -0.506. The summed E-state index contributed by atoms with van der Waals surface area (Å²) in [5.41, 5.74) is 5.55. The Morgan fingerprint density at radius 1 is 1.00 bits per heavy atom. The number of benzene rings is 4. The van der Waals surface area contributed by atoms with Crippen molar-refractivity contribution in [3.63, 3.8) is 0 Å². The fraction of sp³-hybridized carbons (Fsp3) is 0.128. The molecule has 0 spiro atoms. The van der Waals surface area contributed by atoms with Crippen LogP contribution in [0.2, 0.25) is 0 Å². The Hall–Kier alpha value is -5.43. The average molecular weight is 667 g/mol. The number of rotatable bonds is 8. The van der Waals surface area contributed by atoms with Crippen LogP contribution in [0.3, 0.4) is 0 Å². The van der Waals surface area contributed by atoms with Crippen molar-refractivity contribution in [3.05, 3.63) is 162 Å². The Balaban J connectivity index is 1.45. The maximum atomic E-state index is 14.5. The molecule has 0 saturated heterocycles. The van der Waals surface area contributed by atoms with E-state index in [2.05, 4.69) is 10.6 Å². The summed E-state index contributed by atoms with van der Waals surface area (Å²) < 4.78 is 9.84. The number of hydrogen-bond donors (Lipinski definition) is 0. The lowest BCUT2D eigenvalue weighted by Crippen LogP contribution is -2.40. The number of ether oxygens (including phenoxy) is 1. The smallest absolute Gasteiger partial charge is 0.338 e. The van der Waals surface area contributed by atoms with Crippen LogP contribution in [0.15, 0.2) is 130 Å². The highest BCUT2D eigenvalue weighted by Gasteiger charge is 2.35. The van der Waals surface area contributed by atoms with Gasteiger partial charge in [-0.25, -0.2) is 9.79 Å². The van der Waals surface area contributed by atoms with E-state index in [1.54, 1.807) is 23.3 Å². The van der Waals surface area contributed by atoms with Gasteiger partial charge in [0.1, 0.15) is 0 Å². The van der Waals surface area contributed by atoms with Gasteiger partial charge in [0, 0.05) is 39.7 Å². The van der Waals surface area contributed by atoms with Crippen molar-refractivity contribution >= 4 is 51.7 Å². The molecule has 0 amide bonds. The van der Waals surface area contributed by atoms with Crippen molar-refractivity contribution in [2.45, 2.75) is 24.4 Å². The fourth-order valence-electron chi connectivity index (χ4n) is 6.16. The van der Waals surface area contributed by atoms with Crippen LogP contribution in [0.1, 0.15) is 40.8 Å². The lowest BCUT2D eigenvalue weighted by molar-refractivity contribution is -0.138. The van der Waals surface area contributed by atoms with Gasteiger partial charge in [0.2, 0.25) is 0 Å². The summed E-state index contributed by atoms with van der Waals surface area (Å²) >= 11 is 2.93. The minimum atomic E-state index is -0.739. The second-order valence-electron chi connectivity index (χ2n) is 11.2. The number of para-hydroxylation sites is 1. The molecular weight excluding hydrogens is 637 g/mol. The number of esters is 1. The van der Waals surface area contributed by atoms with Crippen molar-refractivity contribution < 1.29 is 9.53 Å². The van der Waals surface area contributed by atoms with Gasteiger partial charge in [-0.15, -0.1) is 11.8 Å². The van der Waals surface area contributed by atoms with E-state index in [9.17, 15) is 14.9 Å². The normalized spacial score (nSPS) is 14.4. The highest BCUT2D eigenvalue weighted by Crippen LogP contribution is 2.36. The van der Waals surface area contributed by atoms with E-state index in [4.69, 9.17) is 9.73 Å². The topological polar surface area (TPSA) is 89.4 Å². The predicted octanol–water partition coefficient (Wildman–Crippen LogP) is 6.53. The van der Waals surface area contributed by atoms with Gasteiger partial charge in [0.05, 0.1) is 40.1 Å². The zero-order chi connectivity index (χ0) is 33.2. The van der Waals surface area contributed by atoms with Crippen LogP contribution in [0.4, 0.5) is 0 Å². The molecule has 0 N–H and O–H groups in total. The Kier molecular flexibility index (Phi) is 8.68. The predicted molar refractivity (Wildman–Crippen MR) is 191 cm³/mol. The lowest BCUT2D eigenvalue weighted by atomic mass is 9.93. The Morgan fingerprint density at radius 2 is 1.73 bits per heavy atom. The molecule has 0 aliphatic carbocycles. The number of thioether (sulfide) groups is 1. The van der Waals surface area contributed by atoms with Crippen LogP contribution in [-0.2, 0) is 16.1 Å². The standard InChI is InChI=1S/C39H30N4O3S2/c1-3-46-38(45)34-35(25-11-5-4-6-12-25)41-39-43(36(34)26-17-19-30(47-2)20-18-26)37(44)33(48-39)21-29-24-42(32-16-10-9-15-31(29)32)23-28-14-8-7-13-27(28)22-40/h4-21,24,36H,3,23H2,1-2H3/t36-/m1/s1. The molecule has 4 aromatic carbocycles. The van der Waals surface area contributed by atoms with Gasteiger partial charge >= 0.3 is 5.97 Å². The molecule has 1 atom stereocenters. The van der Waals surface area contributed by atoms with E-state index in [-0.39, 0.29) is 12.2 Å². The van der Waals surface area contributed by atoms with Gasteiger partial charge in [-0.3, -0.25) is 9.36 Å². The molecule has 0 bridgehead atoms. The zero-order valence-corrected chi connectivity index (χ0v) is 27.9. The molecule has 0 saturated carbocycles. The number of aromatic nitrogens is 2. The number of nitrogens with zero attached hydrogens (tertiary/aromatic N) is 4. The highest BCUT2D eigenvalue weighted by molar-refractivity contribution is 7.98. The first kappa shape index (κ1) is 31.2. The van der Waals surface area contributed by atoms with Crippen LogP contribution in [-0.4, -0.2) is 28.0 Å². The summed E-state index contributed by atoms with van der Waals surface area (Å²) in [6.07, 6.45) is 5.94. The minimum Gasteiger partial charge on any atom is -0.463 e. The Morgan fingerprint density at radius 3 is 2.48 bits per heavy atom. The quantitative estimate of drug-likeness (QED) is 0.136. The molecule has 7 nitrogen and oxygen atoms in total. The lowest BCUT2D eigenvalue weighted by Gasteiger charge is -2.26. The molecule has 1 aliphatic rings. The molecule has 0 radical (unpaired) electrons. The van der Waals surface area contributed by atoms with Gasteiger partial charge in [-0.05, 0) is 54.6 Å². The molecule has 7 rings (SSSR count). The van der Waals surface area contributed by atoms with Gasteiger partial charge in [-0.1, -0.05) is 90.2 Å². The molecule has 0 unspecified atom stereocenters. The van der Waals surface area contributed by atoms with Crippen molar-refractivity contribution in [1.82, 2.24) is 9.13 Å². The van der Waals surface area contributed by atoms with Crippen LogP contribution >= 0.6 is 23.1 Å². The van der Waals surface area contributed by atoms with E-state index in [0.717, 1.165) is 38.1 Å². The molecule has 1 aliphatic heterocycles. The molecule has 48 heavy (non-hydrogen) atoms. The van der Waals surface area contributed by atoms with Crippen molar-refractivity contribution in [2.75, 3.05) is 12.9 Å². The summed E-state index contributed by atoms with van der Waals surface area (Å²) in [4.78, 5) is 34.8. The molecule has 2 aromatic heterocycles. The van der Waals surface area contributed by atoms with Crippen molar-refractivity contribution in [2.24, 2.45) is 4.99 Å². The highest BCUT2D eigenvalue weighted by atomic mass is 32.2. The number of carbonyl (C=O) groups is 1. The zero-order valence-electron chi connectivity index (χ0n) is 26.3. The maximum Gasteiger partial charge on any atom is 0.338 e. The number of thiazole rings is 1. The van der Waals surface area contributed by atoms with E-state index >= 15 is 0 Å². The second kappa shape index (κ2) is 13.4. The van der Waals surface area contributed by atoms with Gasteiger partial charge < -0.3 is 9.30 Å². The van der Waals surface area contributed by atoms with Gasteiger partial charge in [0.15, 0.2) is 4.80 Å². The first-order chi connectivity index (χ1) is 23.5. The van der Waals surface area contributed by atoms with E-state index in [0.29, 0.717) is 32.7 Å². The molecule has 9 heteroatoms. The van der Waals surface area contributed by atoms with E-state index < -0.39 is 12.0 Å². The number of fused-ring (bicyclic) bond motifs is 2. The van der Waals surface area contributed by atoms with E-state index in [1.165, 1.54) is 11.3 Å². The summed E-state index contributed by atoms with van der Waals surface area (Å²) in [6.45, 7) is 2.47. The Labute approximate surface area is 285 Å². The minimum absolute atomic E-state index is 0.190. The van der Waals surface area contributed by atoms with Crippen LogP contribution in [0.25, 0.3) is 22.7 Å². The van der Waals surface area contributed by atoms with Crippen LogP contribution in [0.5, 0.6) is 0 Å². The monoisotopic (exact) mass is 666 g/mol. The second-order valence-corrected chi connectivity index (χ2v) is 13.1. The maximum absolute atomic E-state index is 14.5. The third-order valence-electron chi connectivity index (χ3n) is 8.39. The third kappa shape index (κ3) is 5.70. The number of carbonyl (C=O) groups excluding carboxylic acids is 1. The first-order valence-corrected chi connectivity index (χ1v) is 17.5. The van der Waals surface area contributed by atoms with Crippen LogP contribution in [0, 0.1) is 11.3 Å². The third-order valence-corrected chi connectivity index (χ3v) is 10.1. The molecule has 236 valence electrons. The summed E-state index contributed by atoms with van der Waals surface area (Å²) in [5, 5.41) is 10.7.